The number of amides is 1. The maximum Gasteiger partial charge on any atom is 0.410 e. The zero-order chi connectivity index (χ0) is 14.8. The van der Waals surface area contributed by atoms with Gasteiger partial charge in [-0.1, -0.05) is 30.3 Å². The number of aliphatic carboxylic acids is 1. The van der Waals surface area contributed by atoms with Gasteiger partial charge in [0.15, 0.2) is 0 Å². The fourth-order valence-electron chi connectivity index (χ4n) is 3.16. The van der Waals surface area contributed by atoms with Crippen molar-refractivity contribution >= 4 is 12.1 Å². The molecule has 5 nitrogen and oxygen atoms in total. The van der Waals surface area contributed by atoms with E-state index in [9.17, 15) is 14.7 Å². The van der Waals surface area contributed by atoms with Crippen molar-refractivity contribution in [1.29, 1.82) is 0 Å². The Morgan fingerprint density at radius 1 is 1.19 bits per heavy atom. The molecule has 3 rings (SSSR count). The molecule has 1 saturated carbocycles. The lowest BCUT2D eigenvalue weighted by molar-refractivity contribution is -0.143. The van der Waals surface area contributed by atoms with Crippen LogP contribution in [0.25, 0.3) is 0 Å². The normalized spacial score (nSPS) is 24.9. The highest BCUT2D eigenvalue weighted by atomic mass is 16.6. The van der Waals surface area contributed by atoms with Crippen LogP contribution in [0.5, 0.6) is 0 Å². The molecule has 5 heteroatoms. The van der Waals surface area contributed by atoms with Crippen molar-refractivity contribution < 1.29 is 19.4 Å². The zero-order valence-electron chi connectivity index (χ0n) is 11.8. The first kappa shape index (κ1) is 13.9. The SMILES string of the molecule is O=C(O)C1C(C2CC2)CCN1C(=O)OCc1ccccc1. The minimum absolute atomic E-state index is 0.0896. The molecule has 2 atom stereocenters. The summed E-state index contributed by atoms with van der Waals surface area (Å²) < 4.78 is 5.26. The Labute approximate surface area is 123 Å². The van der Waals surface area contributed by atoms with Gasteiger partial charge in [-0.3, -0.25) is 4.90 Å². The molecule has 1 aliphatic heterocycles. The Hall–Kier alpha value is -2.04. The Bertz CT molecular complexity index is 526. The molecule has 0 aromatic heterocycles. The number of likely N-dealkylation sites (tertiary alicyclic amines) is 1. The summed E-state index contributed by atoms with van der Waals surface area (Å²) in [5, 5.41) is 9.42. The summed E-state index contributed by atoms with van der Waals surface area (Å²) >= 11 is 0. The number of carboxylic acids is 1. The molecule has 1 aliphatic carbocycles. The zero-order valence-corrected chi connectivity index (χ0v) is 11.8. The smallest absolute Gasteiger partial charge is 0.410 e. The number of hydrogen-bond donors (Lipinski definition) is 1. The van der Waals surface area contributed by atoms with E-state index in [1.165, 1.54) is 4.90 Å². The van der Waals surface area contributed by atoms with Gasteiger partial charge in [0.25, 0.3) is 0 Å². The van der Waals surface area contributed by atoms with Crippen molar-refractivity contribution in [1.82, 2.24) is 4.90 Å². The van der Waals surface area contributed by atoms with Gasteiger partial charge in [-0.15, -0.1) is 0 Å². The van der Waals surface area contributed by atoms with Crippen molar-refractivity contribution in [2.45, 2.75) is 31.9 Å². The van der Waals surface area contributed by atoms with Crippen LogP contribution in [0.15, 0.2) is 30.3 Å². The molecule has 1 saturated heterocycles. The summed E-state index contributed by atoms with van der Waals surface area (Å²) in [7, 11) is 0. The Morgan fingerprint density at radius 2 is 1.90 bits per heavy atom. The molecule has 2 aliphatic rings. The van der Waals surface area contributed by atoms with Crippen LogP contribution in [0.4, 0.5) is 4.79 Å². The molecular formula is C16H19NO4. The Morgan fingerprint density at radius 3 is 2.52 bits per heavy atom. The molecule has 0 spiro atoms. The molecule has 2 fully saturated rings. The monoisotopic (exact) mass is 289 g/mol. The van der Waals surface area contributed by atoms with Crippen molar-refractivity contribution in [2.75, 3.05) is 6.54 Å². The van der Waals surface area contributed by atoms with Crippen LogP contribution in [0.3, 0.4) is 0 Å². The van der Waals surface area contributed by atoms with Crippen LogP contribution >= 0.6 is 0 Å². The van der Waals surface area contributed by atoms with E-state index >= 15 is 0 Å². The van der Waals surface area contributed by atoms with Crippen LogP contribution in [0.2, 0.25) is 0 Å². The summed E-state index contributed by atoms with van der Waals surface area (Å²) in [5.74, 6) is -0.356. The van der Waals surface area contributed by atoms with Gasteiger partial charge in [0.2, 0.25) is 0 Å². The van der Waals surface area contributed by atoms with Crippen LogP contribution in [-0.4, -0.2) is 34.7 Å². The number of ether oxygens (including phenoxy) is 1. The molecule has 1 N–H and O–H groups in total. The summed E-state index contributed by atoms with van der Waals surface area (Å²) in [6.07, 6.45) is 2.42. The van der Waals surface area contributed by atoms with Crippen molar-refractivity contribution in [3.8, 4) is 0 Å². The number of benzene rings is 1. The lowest BCUT2D eigenvalue weighted by Crippen LogP contribution is -2.44. The van der Waals surface area contributed by atoms with E-state index in [-0.39, 0.29) is 12.5 Å². The average Bonchev–Trinajstić information content (AvgIpc) is 3.24. The van der Waals surface area contributed by atoms with E-state index in [1.54, 1.807) is 0 Å². The van der Waals surface area contributed by atoms with Gasteiger partial charge in [0.1, 0.15) is 12.6 Å². The second-order valence-corrected chi connectivity index (χ2v) is 5.81. The Balaban J connectivity index is 1.62. The van der Waals surface area contributed by atoms with E-state index in [0.29, 0.717) is 12.5 Å². The quantitative estimate of drug-likeness (QED) is 0.924. The maximum atomic E-state index is 12.2. The second kappa shape index (κ2) is 5.76. The largest absolute Gasteiger partial charge is 0.480 e. The first-order valence-corrected chi connectivity index (χ1v) is 7.37. The summed E-state index contributed by atoms with van der Waals surface area (Å²) in [4.78, 5) is 25.0. The van der Waals surface area contributed by atoms with Crippen molar-refractivity contribution in [3.63, 3.8) is 0 Å². The van der Waals surface area contributed by atoms with Gasteiger partial charge in [-0.2, -0.15) is 0 Å². The molecule has 112 valence electrons. The van der Waals surface area contributed by atoms with E-state index in [0.717, 1.165) is 24.8 Å². The van der Waals surface area contributed by atoms with Gasteiger partial charge >= 0.3 is 12.1 Å². The fourth-order valence-corrected chi connectivity index (χ4v) is 3.16. The van der Waals surface area contributed by atoms with Crippen molar-refractivity contribution in [3.05, 3.63) is 35.9 Å². The molecule has 1 aromatic carbocycles. The van der Waals surface area contributed by atoms with Gasteiger partial charge in [-0.05, 0) is 36.7 Å². The number of carbonyl (C=O) groups is 2. The predicted octanol–water partition coefficient (Wildman–Crippen LogP) is 2.51. The molecule has 2 unspecified atom stereocenters. The van der Waals surface area contributed by atoms with E-state index in [1.807, 2.05) is 30.3 Å². The summed E-state index contributed by atoms with van der Waals surface area (Å²) in [5.41, 5.74) is 0.899. The van der Waals surface area contributed by atoms with Crippen LogP contribution in [-0.2, 0) is 16.1 Å². The first-order chi connectivity index (χ1) is 10.2. The number of carbonyl (C=O) groups excluding carboxylic acids is 1. The van der Waals surface area contributed by atoms with E-state index in [4.69, 9.17) is 4.74 Å². The van der Waals surface area contributed by atoms with Gasteiger partial charge in [-0.25, -0.2) is 9.59 Å². The molecule has 1 heterocycles. The van der Waals surface area contributed by atoms with Crippen LogP contribution in [0.1, 0.15) is 24.8 Å². The van der Waals surface area contributed by atoms with Crippen LogP contribution in [0, 0.1) is 11.8 Å². The average molecular weight is 289 g/mol. The van der Waals surface area contributed by atoms with Gasteiger partial charge < -0.3 is 9.84 Å². The lowest BCUT2D eigenvalue weighted by Gasteiger charge is -2.24. The fraction of sp³-hybridized carbons (Fsp3) is 0.500. The highest BCUT2D eigenvalue weighted by Crippen LogP contribution is 2.44. The van der Waals surface area contributed by atoms with Gasteiger partial charge in [0.05, 0.1) is 0 Å². The van der Waals surface area contributed by atoms with Crippen LogP contribution < -0.4 is 0 Å². The number of nitrogens with zero attached hydrogens (tertiary/aromatic N) is 1. The second-order valence-electron chi connectivity index (χ2n) is 5.81. The molecule has 0 radical (unpaired) electrons. The molecule has 0 bridgehead atoms. The van der Waals surface area contributed by atoms with Gasteiger partial charge in [0, 0.05) is 6.54 Å². The third-order valence-electron chi connectivity index (χ3n) is 4.36. The van der Waals surface area contributed by atoms with E-state index < -0.39 is 18.1 Å². The summed E-state index contributed by atoms with van der Waals surface area (Å²) in [6.45, 7) is 0.655. The standard InChI is InChI=1S/C16H19NO4/c18-15(19)14-13(12-6-7-12)8-9-17(14)16(20)21-10-11-4-2-1-3-5-11/h1-5,12-14H,6-10H2,(H,18,19). The molecule has 1 aromatic rings. The topological polar surface area (TPSA) is 66.8 Å². The number of hydrogen-bond acceptors (Lipinski definition) is 3. The Kier molecular flexibility index (Phi) is 3.82. The third kappa shape index (κ3) is 3.01. The molecule has 21 heavy (non-hydrogen) atoms. The minimum atomic E-state index is -0.916. The number of rotatable bonds is 4. The van der Waals surface area contributed by atoms with E-state index in [2.05, 4.69) is 0 Å². The third-order valence-corrected chi connectivity index (χ3v) is 4.36. The first-order valence-electron chi connectivity index (χ1n) is 7.37. The van der Waals surface area contributed by atoms with Crippen molar-refractivity contribution in [2.24, 2.45) is 11.8 Å². The predicted molar refractivity (Wildman–Crippen MR) is 75.6 cm³/mol. The molecule has 1 amide bonds. The highest BCUT2D eigenvalue weighted by Gasteiger charge is 2.48. The highest BCUT2D eigenvalue weighted by molar-refractivity contribution is 5.81. The summed E-state index contributed by atoms with van der Waals surface area (Å²) in [6, 6.07) is 8.68. The number of carboxylic acid groups (broad SMARTS) is 1. The maximum absolute atomic E-state index is 12.2. The molecular weight excluding hydrogens is 270 g/mol. The minimum Gasteiger partial charge on any atom is -0.480 e. The lowest BCUT2D eigenvalue weighted by atomic mass is 9.95.